The van der Waals surface area contributed by atoms with E-state index in [-0.39, 0.29) is 156 Å². The first kappa shape index (κ1) is 100. The van der Waals surface area contributed by atoms with Crippen LogP contribution in [0, 0.1) is 0 Å². The molecule has 0 aliphatic carbocycles. The summed E-state index contributed by atoms with van der Waals surface area (Å²) in [6, 6.07) is 0. The van der Waals surface area contributed by atoms with Gasteiger partial charge in [-0.15, -0.1) is 66.1 Å². The summed E-state index contributed by atoms with van der Waals surface area (Å²) in [7, 11) is 15.7. The predicted octanol–water partition coefficient (Wildman–Crippen LogP) is -11.9. The zero-order valence-electron chi connectivity index (χ0n) is 37.4. The van der Waals surface area contributed by atoms with Gasteiger partial charge in [-0.05, 0) is 41.3 Å². The van der Waals surface area contributed by atoms with Crippen molar-refractivity contribution in [3.63, 3.8) is 0 Å². The molecule has 0 aromatic heterocycles. The number of hydrogen-bond donors (Lipinski definition) is 2. The van der Waals surface area contributed by atoms with Crippen LogP contribution in [0.3, 0.4) is 0 Å². The van der Waals surface area contributed by atoms with E-state index in [0.29, 0.717) is 26.2 Å². The molecule has 0 heterocycles. The molecular weight excluding hydrogens is 930 g/mol. The van der Waals surface area contributed by atoms with Crippen LogP contribution in [-0.2, 0) is 44.8 Å². The fraction of sp³-hybridized carbons (Fsp3) is 1.00. The second-order valence-electron chi connectivity index (χ2n) is 9.48. The molecule has 2 N–H and O–H groups in total. The zero-order chi connectivity index (χ0) is 43.4. The molecule has 0 spiro atoms. The molecule has 0 aromatic rings. The van der Waals surface area contributed by atoms with Gasteiger partial charge in [0.05, 0.1) is 41.3 Å². The largest absolute Gasteiger partial charge is 5.00 e. The Morgan fingerprint density at radius 3 is 0.509 bits per heavy atom. The van der Waals surface area contributed by atoms with Crippen LogP contribution in [0.1, 0.15) is 69.2 Å². The van der Waals surface area contributed by atoms with Crippen LogP contribution in [0.25, 0.3) is 0 Å². The quantitative estimate of drug-likeness (QED) is 0.214. The molecule has 0 unspecified atom stereocenters. The minimum absolute atomic E-state index is 0. The van der Waals surface area contributed by atoms with Gasteiger partial charge in [-0.1, -0.05) is 81.4 Å². The van der Waals surface area contributed by atoms with E-state index < -0.39 is 12.2 Å². The molecule has 53 heavy (non-hydrogen) atoms. The van der Waals surface area contributed by atoms with E-state index in [1.54, 1.807) is 69.2 Å². The van der Waals surface area contributed by atoms with E-state index in [1.165, 1.54) is 9.80 Å². The van der Waals surface area contributed by atoms with E-state index >= 15 is 0 Å². The van der Waals surface area contributed by atoms with Crippen molar-refractivity contribution >= 4 is 45.5 Å². The Labute approximate surface area is 397 Å². The van der Waals surface area contributed by atoms with Crippen molar-refractivity contribution < 1.29 is 116 Å². The molecule has 324 valence electrons. The minimum Gasteiger partial charge on any atom is -0.855 e. The minimum atomic E-state index is -0.444. The van der Waals surface area contributed by atoms with Crippen molar-refractivity contribution in [1.82, 2.24) is 9.80 Å². The molecule has 0 radical (unpaired) electrons. The molecule has 0 amide bonds. The molecule has 0 fully saturated rings. The average Bonchev–Trinajstić information content (AvgIpc) is 2.92. The molecule has 16 nitrogen and oxygen atoms in total. The van der Waals surface area contributed by atoms with Crippen molar-refractivity contribution in [2.75, 3.05) is 149 Å². The van der Waals surface area contributed by atoms with Crippen molar-refractivity contribution in [1.29, 1.82) is 0 Å². The number of likely N-dealkylation sites (N-methyl/N-ethyl adjacent to an activating group) is 4. The summed E-state index contributed by atoms with van der Waals surface area (Å²) in [5, 5.41) is 111. The van der Waals surface area contributed by atoms with Crippen LogP contribution in [0.5, 0.6) is 0 Å². The van der Waals surface area contributed by atoms with E-state index in [2.05, 4.69) is 0 Å². The number of nitrogens with zero attached hydrogens (tertiary/aromatic N) is 2. The number of nitrogens with one attached hydrogen (secondary N) is 2. The summed E-state index contributed by atoms with van der Waals surface area (Å²) in [5.74, 6) is 0. The van der Waals surface area contributed by atoms with Gasteiger partial charge in [0.25, 0.3) is 0 Å². The van der Waals surface area contributed by atoms with Gasteiger partial charge >= 0.3 is 90.2 Å². The third-order valence-corrected chi connectivity index (χ3v) is 2.41. The molecule has 0 rings (SSSR count). The van der Waals surface area contributed by atoms with Crippen LogP contribution in [0.15, 0.2) is 0 Å². The van der Waals surface area contributed by atoms with Gasteiger partial charge in [-0.25, -0.2) is 0 Å². The van der Waals surface area contributed by atoms with Crippen LogP contribution in [-0.4, -0.2) is 216 Å². The summed E-state index contributed by atoms with van der Waals surface area (Å²) >= 11 is 0. The van der Waals surface area contributed by atoms with Crippen molar-refractivity contribution in [3.8, 4) is 0 Å². The van der Waals surface area contributed by atoms with Gasteiger partial charge in [0.2, 0.25) is 0 Å². The van der Waals surface area contributed by atoms with Crippen LogP contribution >= 0.6 is 0 Å². The smallest absolute Gasteiger partial charge is 0.855 e. The number of quaternary nitrogens is 2. The van der Waals surface area contributed by atoms with Gasteiger partial charge in [-0.2, -0.15) is 0 Å². The molecule has 0 saturated heterocycles. The first-order valence-electron chi connectivity index (χ1n) is 17.2. The molecule has 0 aromatic carbocycles. The summed E-state index contributed by atoms with van der Waals surface area (Å²) in [6.07, 6.45) is -0.889. The molecule has 0 saturated carbocycles. The van der Waals surface area contributed by atoms with Gasteiger partial charge < -0.3 is 80.9 Å². The van der Waals surface area contributed by atoms with Gasteiger partial charge in [0.1, 0.15) is 0 Å². The van der Waals surface area contributed by atoms with Crippen molar-refractivity contribution in [3.05, 3.63) is 0 Å². The fourth-order valence-corrected chi connectivity index (χ4v) is 1.85. The maximum atomic E-state index is 11.1. The average molecular weight is 1020 g/mol. The van der Waals surface area contributed by atoms with Gasteiger partial charge in [0, 0.05) is 0 Å². The van der Waals surface area contributed by atoms with E-state index in [9.17, 15) is 10.2 Å². The Bertz CT molecular complexity index is 314. The number of rotatable bonds is 8. The standard InChI is InChI=1S/2C7H17N2O.10C2H5O.2Nb.Sr/c2*1-8(2)5-7(10)6-9(3)4;10*1-2-3;;;/h2*7H,5-6H2,1-4H3;10*2H2,1H3;;;/q12*-1;2*+5;+2/p+2. The molecule has 0 bridgehead atoms. The van der Waals surface area contributed by atoms with Crippen molar-refractivity contribution in [2.24, 2.45) is 0 Å². The second-order valence-corrected chi connectivity index (χ2v) is 9.48. The Morgan fingerprint density at radius 2 is 0.453 bits per heavy atom. The molecule has 19 heteroatoms. The Balaban J connectivity index is -0.0000000239. The topological polar surface area (TPSA) is 292 Å². The molecule has 0 aliphatic rings. The summed E-state index contributed by atoms with van der Waals surface area (Å²) in [5.41, 5.74) is 0. The Morgan fingerprint density at radius 1 is 0.358 bits per heavy atom. The van der Waals surface area contributed by atoms with Gasteiger partial charge in [-0.3, -0.25) is 0 Å². The summed E-state index contributed by atoms with van der Waals surface area (Å²) in [4.78, 5) is 6.31. The Kier molecular flexibility index (Phi) is 248. The zero-order valence-corrected chi connectivity index (χ0v) is 45.3. The summed E-state index contributed by atoms with van der Waals surface area (Å²) < 4.78 is 0. The third-order valence-electron chi connectivity index (χ3n) is 2.41. The normalized spacial score (nSPS) is 8.94. The maximum Gasteiger partial charge on any atom is 5.00 e. The molecule has 0 aliphatic heterocycles. The second kappa shape index (κ2) is 131. The third kappa shape index (κ3) is 443. The number of hydrogen-bond acceptors (Lipinski definition) is 14. The van der Waals surface area contributed by atoms with E-state index in [1.807, 2.05) is 66.2 Å². The first-order chi connectivity index (χ1) is 23.2. The van der Waals surface area contributed by atoms with Crippen LogP contribution < -0.4 is 71.1 Å². The maximum absolute atomic E-state index is 11.1. The molecular formula is C34H86N4Nb2O12Sr+2. The summed E-state index contributed by atoms with van der Waals surface area (Å²) in [6.45, 7) is 18.4. The van der Waals surface area contributed by atoms with E-state index in [4.69, 9.17) is 51.1 Å². The first-order valence-corrected chi connectivity index (χ1v) is 17.2. The van der Waals surface area contributed by atoms with Crippen molar-refractivity contribution in [2.45, 2.75) is 81.4 Å². The monoisotopic (exact) mass is 1020 g/mol. The molecule has 2 atom stereocenters. The Hall–Kier alpha value is 2.32. The SMILES string of the molecule is CC[O-].CC[O-].CC[O-].CC[O-].CC[O-].CC[O-].CC[O-].CC[O-].CC[O-].CC[O-].CN(C)C[C@@H]([O-])C[NH+](C)C.CN(C)C[C@@H]([O-])C[NH+](C)C.[Nb+5].[Nb+5].[Sr+2]. The van der Waals surface area contributed by atoms with Crippen LogP contribution in [0.2, 0.25) is 0 Å². The van der Waals surface area contributed by atoms with Gasteiger partial charge in [0.15, 0.2) is 0 Å². The fourth-order valence-electron chi connectivity index (χ4n) is 1.85. The van der Waals surface area contributed by atoms with E-state index in [0.717, 1.165) is 0 Å². The predicted molar refractivity (Wildman–Crippen MR) is 191 cm³/mol. The van der Waals surface area contributed by atoms with Crippen LogP contribution in [0.4, 0.5) is 0 Å².